The van der Waals surface area contributed by atoms with Crippen molar-refractivity contribution < 1.29 is 4.74 Å². The van der Waals surface area contributed by atoms with Crippen LogP contribution in [0, 0.1) is 13.8 Å². The molecule has 0 radical (unpaired) electrons. The lowest BCUT2D eigenvalue weighted by atomic mass is 9.84. The lowest BCUT2D eigenvalue weighted by Crippen LogP contribution is -2.57. The molecule has 1 aliphatic rings. The molecule has 112 valence electrons. The Hall–Kier alpha value is -0.940. The lowest BCUT2D eigenvalue weighted by molar-refractivity contribution is -0.0239. The summed E-state index contributed by atoms with van der Waals surface area (Å²) in [5.74, 6) is 5.91. The number of nitrogens with zero attached hydrogens (tertiary/aromatic N) is 1. The minimum Gasteiger partial charge on any atom is -0.379 e. The number of rotatable bonds is 4. The molecule has 4 nitrogen and oxygen atoms in total. The highest BCUT2D eigenvalue weighted by Crippen LogP contribution is 2.33. The van der Waals surface area contributed by atoms with Crippen molar-refractivity contribution in [3.05, 3.63) is 34.9 Å². The Balaban J connectivity index is 2.32. The second-order valence-electron chi connectivity index (χ2n) is 6.14. The normalized spacial score (nSPS) is 19.1. The third-order valence-corrected chi connectivity index (χ3v) is 4.66. The molecule has 1 heterocycles. The van der Waals surface area contributed by atoms with Gasteiger partial charge in [-0.15, -0.1) is 0 Å². The monoisotopic (exact) mass is 277 g/mol. The van der Waals surface area contributed by atoms with Crippen LogP contribution in [0.15, 0.2) is 18.2 Å². The van der Waals surface area contributed by atoms with E-state index in [1.165, 1.54) is 16.7 Å². The summed E-state index contributed by atoms with van der Waals surface area (Å²) >= 11 is 0. The Morgan fingerprint density at radius 3 is 2.50 bits per heavy atom. The molecule has 4 heteroatoms. The van der Waals surface area contributed by atoms with Crippen molar-refractivity contribution in [1.29, 1.82) is 0 Å². The largest absolute Gasteiger partial charge is 0.379 e. The minimum absolute atomic E-state index is 0.0584. The fourth-order valence-corrected chi connectivity index (χ4v) is 3.08. The highest BCUT2D eigenvalue weighted by Gasteiger charge is 2.37. The van der Waals surface area contributed by atoms with Crippen LogP contribution in [0.4, 0.5) is 0 Å². The highest BCUT2D eigenvalue weighted by atomic mass is 16.5. The number of morpholine rings is 1. The van der Waals surface area contributed by atoms with Crippen LogP contribution < -0.4 is 11.3 Å². The van der Waals surface area contributed by atoms with Gasteiger partial charge in [0.05, 0.1) is 19.3 Å². The van der Waals surface area contributed by atoms with Crippen molar-refractivity contribution in [2.75, 3.05) is 26.3 Å². The van der Waals surface area contributed by atoms with E-state index in [1.807, 2.05) is 0 Å². The van der Waals surface area contributed by atoms with Gasteiger partial charge in [0.1, 0.15) is 0 Å². The number of hydrogen-bond donors (Lipinski definition) is 2. The summed E-state index contributed by atoms with van der Waals surface area (Å²) in [4.78, 5) is 2.46. The number of hydrazine groups is 1. The number of aryl methyl sites for hydroxylation is 1. The van der Waals surface area contributed by atoms with E-state index >= 15 is 0 Å². The quantitative estimate of drug-likeness (QED) is 0.652. The molecule has 2 rings (SSSR count). The molecular weight excluding hydrogens is 250 g/mol. The Kier molecular flexibility index (Phi) is 4.81. The lowest BCUT2D eigenvalue weighted by Gasteiger charge is -2.46. The first-order chi connectivity index (χ1) is 9.48. The van der Waals surface area contributed by atoms with Crippen LogP contribution in [0.1, 0.15) is 36.6 Å². The smallest absolute Gasteiger partial charge is 0.0641 e. The van der Waals surface area contributed by atoms with E-state index in [-0.39, 0.29) is 11.6 Å². The predicted octanol–water partition coefficient (Wildman–Crippen LogP) is 1.92. The number of nitrogens with two attached hydrogens (primary N) is 1. The number of ether oxygens (including phenoxy) is 1. The Labute approximate surface area is 122 Å². The van der Waals surface area contributed by atoms with E-state index in [1.54, 1.807) is 0 Å². The van der Waals surface area contributed by atoms with Crippen molar-refractivity contribution in [2.24, 2.45) is 5.84 Å². The van der Waals surface area contributed by atoms with Crippen LogP contribution in [0.3, 0.4) is 0 Å². The van der Waals surface area contributed by atoms with Gasteiger partial charge >= 0.3 is 0 Å². The summed E-state index contributed by atoms with van der Waals surface area (Å²) in [6.45, 7) is 12.3. The molecule has 0 aromatic heterocycles. The molecule has 0 aliphatic carbocycles. The van der Waals surface area contributed by atoms with Gasteiger partial charge in [-0.1, -0.05) is 18.2 Å². The van der Waals surface area contributed by atoms with Gasteiger partial charge in [-0.3, -0.25) is 16.2 Å². The molecule has 0 saturated carbocycles. The van der Waals surface area contributed by atoms with Gasteiger partial charge in [-0.05, 0) is 44.4 Å². The Morgan fingerprint density at radius 1 is 1.25 bits per heavy atom. The van der Waals surface area contributed by atoms with Crippen LogP contribution >= 0.6 is 0 Å². The zero-order chi connectivity index (χ0) is 14.8. The molecule has 1 atom stereocenters. The maximum atomic E-state index is 5.91. The first kappa shape index (κ1) is 15.4. The van der Waals surface area contributed by atoms with E-state index in [4.69, 9.17) is 10.6 Å². The summed E-state index contributed by atoms with van der Waals surface area (Å²) in [6, 6.07) is 6.53. The highest BCUT2D eigenvalue weighted by molar-refractivity contribution is 5.37. The number of hydrogen-bond acceptors (Lipinski definition) is 4. The average molecular weight is 277 g/mol. The van der Waals surface area contributed by atoms with Gasteiger partial charge in [0.2, 0.25) is 0 Å². The predicted molar refractivity (Wildman–Crippen MR) is 82.5 cm³/mol. The van der Waals surface area contributed by atoms with Crippen molar-refractivity contribution >= 4 is 0 Å². The Morgan fingerprint density at radius 2 is 1.90 bits per heavy atom. The Bertz CT molecular complexity index is 453. The molecule has 0 spiro atoms. The zero-order valence-corrected chi connectivity index (χ0v) is 13.1. The second kappa shape index (κ2) is 6.22. The van der Waals surface area contributed by atoms with Gasteiger partial charge in [0.15, 0.2) is 0 Å². The molecule has 1 aliphatic heterocycles. The second-order valence-corrected chi connectivity index (χ2v) is 6.14. The maximum Gasteiger partial charge on any atom is 0.0641 e. The van der Waals surface area contributed by atoms with Crippen molar-refractivity contribution in [1.82, 2.24) is 10.3 Å². The SMILES string of the molecule is Cc1cccc(C(NN)C(C)(C)N2CCOCC2)c1C. The molecule has 3 N–H and O–H groups in total. The molecule has 1 aromatic carbocycles. The van der Waals surface area contributed by atoms with Crippen LogP contribution in [0.5, 0.6) is 0 Å². The van der Waals surface area contributed by atoms with Crippen LogP contribution in [-0.4, -0.2) is 36.7 Å². The summed E-state index contributed by atoms with van der Waals surface area (Å²) in [7, 11) is 0. The first-order valence-electron chi connectivity index (χ1n) is 7.33. The molecule has 0 amide bonds. The topological polar surface area (TPSA) is 50.5 Å². The molecule has 1 fully saturated rings. The van der Waals surface area contributed by atoms with Gasteiger partial charge in [-0.2, -0.15) is 0 Å². The fourth-order valence-electron chi connectivity index (χ4n) is 3.08. The zero-order valence-electron chi connectivity index (χ0n) is 13.1. The van der Waals surface area contributed by atoms with Crippen LogP contribution in [0.2, 0.25) is 0 Å². The van der Waals surface area contributed by atoms with Crippen molar-refractivity contribution in [2.45, 2.75) is 39.3 Å². The summed E-state index contributed by atoms with van der Waals surface area (Å²) in [5.41, 5.74) is 6.89. The molecule has 0 bridgehead atoms. The van der Waals surface area contributed by atoms with Gasteiger partial charge in [-0.25, -0.2) is 0 Å². The van der Waals surface area contributed by atoms with Crippen molar-refractivity contribution in [3.8, 4) is 0 Å². The first-order valence-corrected chi connectivity index (χ1v) is 7.33. The molecule has 20 heavy (non-hydrogen) atoms. The summed E-state index contributed by atoms with van der Waals surface area (Å²) in [5, 5.41) is 0. The minimum atomic E-state index is -0.0584. The number of nitrogens with one attached hydrogen (secondary N) is 1. The van der Waals surface area contributed by atoms with E-state index < -0.39 is 0 Å². The molecule has 1 aromatic rings. The van der Waals surface area contributed by atoms with E-state index in [9.17, 15) is 0 Å². The van der Waals surface area contributed by atoms with E-state index in [2.05, 4.69) is 56.2 Å². The summed E-state index contributed by atoms with van der Waals surface area (Å²) in [6.07, 6.45) is 0. The fraction of sp³-hybridized carbons (Fsp3) is 0.625. The molecule has 1 saturated heterocycles. The van der Waals surface area contributed by atoms with Gasteiger partial charge in [0, 0.05) is 18.6 Å². The summed E-state index contributed by atoms with van der Waals surface area (Å²) < 4.78 is 5.46. The molecular formula is C16H27N3O. The number of benzene rings is 1. The van der Waals surface area contributed by atoms with E-state index in [0.717, 1.165) is 26.3 Å². The third-order valence-electron chi connectivity index (χ3n) is 4.66. The van der Waals surface area contributed by atoms with Gasteiger partial charge in [0.25, 0.3) is 0 Å². The van der Waals surface area contributed by atoms with Crippen molar-refractivity contribution in [3.63, 3.8) is 0 Å². The molecule has 1 unspecified atom stereocenters. The van der Waals surface area contributed by atoms with E-state index in [0.29, 0.717) is 0 Å². The van der Waals surface area contributed by atoms with Crippen LogP contribution in [-0.2, 0) is 4.74 Å². The van der Waals surface area contributed by atoms with Gasteiger partial charge < -0.3 is 4.74 Å². The maximum absolute atomic E-state index is 5.91. The third kappa shape index (κ3) is 2.88. The van der Waals surface area contributed by atoms with Crippen LogP contribution in [0.25, 0.3) is 0 Å². The average Bonchev–Trinajstić information content (AvgIpc) is 2.45. The standard InChI is InChI=1S/C16H27N3O/c1-12-6-5-7-14(13(12)2)15(18-17)16(3,4)19-8-10-20-11-9-19/h5-7,15,18H,8-11,17H2,1-4H3.